The molecule has 2 amide bonds. The summed E-state index contributed by atoms with van der Waals surface area (Å²) in [6.45, 7) is 1.01. The third kappa shape index (κ3) is 4.51. The number of carbonyl (C=O) groups is 1. The van der Waals surface area contributed by atoms with Crippen molar-refractivity contribution >= 4 is 6.03 Å². The maximum absolute atomic E-state index is 12.1. The van der Waals surface area contributed by atoms with Crippen molar-refractivity contribution in [2.45, 2.75) is 12.6 Å². The molecule has 8 nitrogen and oxygen atoms in total. The van der Waals surface area contributed by atoms with Crippen LogP contribution in [0.2, 0.25) is 0 Å². The minimum Gasteiger partial charge on any atom is -0.493 e. The number of carbonyl (C=O) groups excluding carboxylic acids is 1. The molecule has 8 heteroatoms. The van der Waals surface area contributed by atoms with Crippen molar-refractivity contribution in [1.82, 2.24) is 10.6 Å². The Morgan fingerprint density at radius 1 is 1.04 bits per heavy atom. The minimum absolute atomic E-state index is 0.248. The number of amides is 2. The quantitative estimate of drug-likeness (QED) is 0.757. The Labute approximate surface area is 163 Å². The van der Waals surface area contributed by atoms with Gasteiger partial charge >= 0.3 is 6.03 Å². The third-order valence-corrected chi connectivity index (χ3v) is 4.24. The van der Waals surface area contributed by atoms with E-state index in [1.807, 2.05) is 24.3 Å². The van der Waals surface area contributed by atoms with Crippen LogP contribution in [-0.4, -0.2) is 46.6 Å². The topological polar surface area (TPSA) is 87.3 Å². The number of ether oxygens (including phenoxy) is 5. The average molecular weight is 388 g/mol. The Morgan fingerprint density at radius 2 is 1.71 bits per heavy atom. The lowest BCUT2D eigenvalue weighted by atomic mass is 10.2. The van der Waals surface area contributed by atoms with Crippen LogP contribution in [0.5, 0.6) is 28.7 Å². The minimum atomic E-state index is -0.309. The zero-order valence-corrected chi connectivity index (χ0v) is 16.1. The lowest BCUT2D eigenvalue weighted by molar-refractivity contribution is 0.0918. The van der Waals surface area contributed by atoms with E-state index >= 15 is 0 Å². The Balaban J connectivity index is 1.51. The number of methoxy groups -OCH3 is 3. The molecule has 0 fully saturated rings. The first kappa shape index (κ1) is 19.5. The monoisotopic (exact) mass is 388 g/mol. The normalized spacial score (nSPS) is 14.8. The van der Waals surface area contributed by atoms with Crippen LogP contribution in [0.3, 0.4) is 0 Å². The molecule has 2 aromatic rings. The van der Waals surface area contributed by atoms with Crippen LogP contribution < -0.4 is 34.3 Å². The van der Waals surface area contributed by atoms with Gasteiger partial charge in [-0.2, -0.15) is 0 Å². The zero-order valence-electron chi connectivity index (χ0n) is 16.1. The first-order valence-corrected chi connectivity index (χ1v) is 8.83. The second-order valence-electron chi connectivity index (χ2n) is 6.09. The summed E-state index contributed by atoms with van der Waals surface area (Å²) in [5.74, 6) is 2.97. The SMILES string of the molecule is COc1cc(CNC(=O)NC[C@@H]2COc3ccccc3O2)cc(OC)c1OC. The van der Waals surface area contributed by atoms with Gasteiger partial charge in [0.25, 0.3) is 0 Å². The molecule has 0 spiro atoms. The van der Waals surface area contributed by atoms with Crippen molar-refractivity contribution in [3.8, 4) is 28.7 Å². The molecule has 1 aliphatic heterocycles. The van der Waals surface area contributed by atoms with Gasteiger partial charge in [-0.3, -0.25) is 0 Å². The molecule has 0 saturated heterocycles. The Morgan fingerprint density at radius 3 is 2.36 bits per heavy atom. The summed E-state index contributed by atoms with van der Waals surface area (Å²) in [4.78, 5) is 12.1. The first-order valence-electron chi connectivity index (χ1n) is 8.83. The molecule has 2 N–H and O–H groups in total. The molecule has 2 aromatic carbocycles. The fourth-order valence-electron chi connectivity index (χ4n) is 2.85. The van der Waals surface area contributed by atoms with Crippen LogP contribution in [0, 0.1) is 0 Å². The van der Waals surface area contributed by atoms with Gasteiger partial charge in [0.05, 0.1) is 27.9 Å². The number of nitrogens with one attached hydrogen (secondary N) is 2. The van der Waals surface area contributed by atoms with Crippen molar-refractivity contribution in [3.63, 3.8) is 0 Å². The Hall–Kier alpha value is -3.29. The predicted octanol–water partition coefficient (Wildman–Crippen LogP) is 2.35. The summed E-state index contributed by atoms with van der Waals surface area (Å²) in [5, 5.41) is 5.59. The van der Waals surface area contributed by atoms with Gasteiger partial charge in [-0.05, 0) is 29.8 Å². The molecule has 0 aromatic heterocycles. The fraction of sp³-hybridized carbons (Fsp3) is 0.350. The number of para-hydroxylation sites is 2. The van der Waals surface area contributed by atoms with Crippen molar-refractivity contribution in [3.05, 3.63) is 42.0 Å². The molecule has 0 radical (unpaired) electrons. The summed E-state index contributed by atoms with van der Waals surface area (Å²) in [7, 11) is 4.64. The molecule has 150 valence electrons. The number of hydrogen-bond donors (Lipinski definition) is 2. The summed E-state index contributed by atoms with van der Waals surface area (Å²) in [6.07, 6.45) is -0.248. The highest BCUT2D eigenvalue weighted by Crippen LogP contribution is 2.38. The summed E-state index contributed by atoms with van der Waals surface area (Å²) >= 11 is 0. The summed E-state index contributed by atoms with van der Waals surface area (Å²) in [6, 6.07) is 10.7. The van der Waals surface area contributed by atoms with Crippen LogP contribution >= 0.6 is 0 Å². The second-order valence-corrected chi connectivity index (χ2v) is 6.09. The van der Waals surface area contributed by atoms with E-state index < -0.39 is 0 Å². The molecule has 0 aliphatic carbocycles. The lowest BCUT2D eigenvalue weighted by Crippen LogP contribution is -2.44. The van der Waals surface area contributed by atoms with Gasteiger partial charge in [0.15, 0.2) is 29.1 Å². The fourth-order valence-corrected chi connectivity index (χ4v) is 2.85. The maximum Gasteiger partial charge on any atom is 0.315 e. The first-order chi connectivity index (χ1) is 13.6. The molecule has 3 rings (SSSR count). The van der Waals surface area contributed by atoms with Crippen molar-refractivity contribution in [2.75, 3.05) is 34.5 Å². The molecule has 0 bridgehead atoms. The van der Waals surface area contributed by atoms with Gasteiger partial charge in [-0.1, -0.05) is 12.1 Å². The van der Waals surface area contributed by atoms with Crippen LogP contribution in [-0.2, 0) is 6.54 Å². The predicted molar refractivity (Wildman–Crippen MR) is 103 cm³/mol. The lowest BCUT2D eigenvalue weighted by Gasteiger charge is -2.26. The Kier molecular flexibility index (Phi) is 6.31. The maximum atomic E-state index is 12.1. The largest absolute Gasteiger partial charge is 0.493 e. The number of fused-ring (bicyclic) bond motifs is 1. The van der Waals surface area contributed by atoms with Gasteiger partial charge in [0.1, 0.15) is 6.61 Å². The summed E-state index contributed by atoms with van der Waals surface area (Å²) in [5.41, 5.74) is 0.816. The van der Waals surface area contributed by atoms with Crippen LogP contribution in [0.1, 0.15) is 5.56 Å². The molecular weight excluding hydrogens is 364 g/mol. The van der Waals surface area contributed by atoms with E-state index in [1.165, 1.54) is 0 Å². The van der Waals surface area contributed by atoms with E-state index in [4.69, 9.17) is 23.7 Å². The van der Waals surface area contributed by atoms with Gasteiger partial charge < -0.3 is 34.3 Å². The molecule has 1 aliphatic rings. The van der Waals surface area contributed by atoms with Crippen molar-refractivity contribution in [1.29, 1.82) is 0 Å². The number of rotatable bonds is 7. The van der Waals surface area contributed by atoms with E-state index in [0.717, 1.165) is 5.56 Å². The smallest absolute Gasteiger partial charge is 0.315 e. The average Bonchev–Trinajstić information content (AvgIpc) is 2.75. The molecule has 1 atom stereocenters. The number of hydrogen-bond acceptors (Lipinski definition) is 6. The van der Waals surface area contributed by atoms with Crippen LogP contribution in [0.15, 0.2) is 36.4 Å². The van der Waals surface area contributed by atoms with Gasteiger partial charge in [-0.25, -0.2) is 4.79 Å². The third-order valence-electron chi connectivity index (χ3n) is 4.24. The van der Waals surface area contributed by atoms with Crippen molar-refractivity contribution < 1.29 is 28.5 Å². The van der Waals surface area contributed by atoms with Gasteiger partial charge in [0, 0.05) is 6.54 Å². The van der Waals surface area contributed by atoms with Crippen LogP contribution in [0.25, 0.3) is 0 Å². The number of urea groups is 1. The number of benzene rings is 2. The van der Waals surface area contributed by atoms with Gasteiger partial charge in [-0.15, -0.1) is 0 Å². The molecule has 0 saturated carbocycles. The van der Waals surface area contributed by atoms with Crippen LogP contribution in [0.4, 0.5) is 4.79 Å². The zero-order chi connectivity index (χ0) is 19.9. The molecular formula is C20H24N2O6. The highest BCUT2D eigenvalue weighted by atomic mass is 16.6. The van der Waals surface area contributed by atoms with E-state index in [9.17, 15) is 4.79 Å². The van der Waals surface area contributed by atoms with E-state index in [-0.39, 0.29) is 12.1 Å². The highest BCUT2D eigenvalue weighted by Gasteiger charge is 2.21. The molecule has 1 heterocycles. The Bertz CT molecular complexity index is 801. The van der Waals surface area contributed by atoms with Crippen molar-refractivity contribution in [2.24, 2.45) is 0 Å². The second kappa shape index (κ2) is 9.07. The summed E-state index contributed by atoms with van der Waals surface area (Å²) < 4.78 is 27.4. The van der Waals surface area contributed by atoms with Gasteiger partial charge in [0.2, 0.25) is 5.75 Å². The van der Waals surface area contributed by atoms with E-state index in [1.54, 1.807) is 33.5 Å². The highest BCUT2D eigenvalue weighted by molar-refractivity contribution is 5.74. The standard InChI is InChI=1S/C20H24N2O6/c1-24-17-8-13(9-18(25-2)19(17)26-3)10-21-20(23)22-11-14-12-27-15-6-4-5-7-16(15)28-14/h4-9,14H,10-12H2,1-3H3,(H2,21,22,23)/t14-/m1/s1. The van der Waals surface area contributed by atoms with E-state index in [2.05, 4.69) is 10.6 Å². The van der Waals surface area contributed by atoms with E-state index in [0.29, 0.717) is 48.4 Å². The molecule has 0 unspecified atom stereocenters. The molecule has 28 heavy (non-hydrogen) atoms.